The highest BCUT2D eigenvalue weighted by Gasteiger charge is 2.38. The molecule has 19 heavy (non-hydrogen) atoms. The van der Waals surface area contributed by atoms with Crippen molar-refractivity contribution in [2.75, 3.05) is 5.73 Å². The van der Waals surface area contributed by atoms with Crippen LogP contribution >= 0.6 is 0 Å². The maximum Gasteiger partial charge on any atom is 0.153 e. The van der Waals surface area contributed by atoms with Crippen LogP contribution in [0.5, 0.6) is 0 Å². The Kier molecular flexibility index (Phi) is 2.81. The first-order valence-corrected chi connectivity index (χ1v) is 6.84. The molecule has 3 rings (SSSR count). The minimum atomic E-state index is 0.306. The zero-order valence-electron chi connectivity index (χ0n) is 11.5. The summed E-state index contributed by atoms with van der Waals surface area (Å²) < 4.78 is 0. The molecule has 0 spiro atoms. The molecular formula is C15H20N4. The van der Waals surface area contributed by atoms with E-state index in [2.05, 4.69) is 29.0 Å². The third-order valence-corrected chi connectivity index (χ3v) is 4.40. The molecule has 4 nitrogen and oxygen atoms in total. The number of anilines is 1. The van der Waals surface area contributed by atoms with E-state index in [0.717, 1.165) is 11.1 Å². The molecule has 1 saturated carbocycles. The number of aromatic amines is 1. The summed E-state index contributed by atoms with van der Waals surface area (Å²) in [6.07, 6.45) is 7.32. The summed E-state index contributed by atoms with van der Waals surface area (Å²) in [5, 5.41) is 7.41. The molecule has 1 atom stereocenters. The zero-order chi connectivity index (χ0) is 13.5. The largest absolute Gasteiger partial charge is 0.382 e. The molecule has 100 valence electrons. The van der Waals surface area contributed by atoms with Crippen molar-refractivity contribution >= 4 is 5.82 Å². The molecule has 0 aliphatic heterocycles. The third-order valence-electron chi connectivity index (χ3n) is 4.40. The van der Waals surface area contributed by atoms with E-state index in [4.69, 9.17) is 5.73 Å². The van der Waals surface area contributed by atoms with Crippen molar-refractivity contribution in [2.45, 2.75) is 39.0 Å². The highest BCUT2D eigenvalue weighted by molar-refractivity contribution is 5.76. The van der Waals surface area contributed by atoms with Crippen LogP contribution in [-0.4, -0.2) is 15.2 Å². The summed E-state index contributed by atoms with van der Waals surface area (Å²) in [6, 6.07) is 3.99. The number of H-pyrrole nitrogens is 1. The predicted molar refractivity (Wildman–Crippen MR) is 76.6 cm³/mol. The molecule has 1 aliphatic carbocycles. The molecule has 0 bridgehead atoms. The average Bonchev–Trinajstić information content (AvgIpc) is 2.92. The summed E-state index contributed by atoms with van der Waals surface area (Å²) in [6.45, 7) is 4.66. The minimum Gasteiger partial charge on any atom is -0.382 e. The zero-order valence-corrected chi connectivity index (χ0v) is 11.5. The second-order valence-corrected chi connectivity index (χ2v) is 6.07. The summed E-state index contributed by atoms with van der Waals surface area (Å²) in [5.41, 5.74) is 9.71. The van der Waals surface area contributed by atoms with Gasteiger partial charge in [0, 0.05) is 29.6 Å². The average molecular weight is 256 g/mol. The number of hydrogen-bond acceptors (Lipinski definition) is 3. The molecule has 0 amide bonds. The Labute approximate surface area is 113 Å². The first kappa shape index (κ1) is 12.2. The molecule has 0 aromatic carbocycles. The Bertz CT molecular complexity index is 571. The van der Waals surface area contributed by atoms with Crippen LogP contribution in [0.2, 0.25) is 0 Å². The number of pyridine rings is 1. The van der Waals surface area contributed by atoms with Crippen molar-refractivity contribution in [3.8, 4) is 11.1 Å². The molecule has 4 heteroatoms. The highest BCUT2D eigenvalue weighted by atomic mass is 15.2. The van der Waals surface area contributed by atoms with Gasteiger partial charge >= 0.3 is 0 Å². The van der Waals surface area contributed by atoms with Gasteiger partial charge in [-0.2, -0.15) is 5.10 Å². The van der Waals surface area contributed by atoms with Gasteiger partial charge in [-0.05, 0) is 36.0 Å². The van der Waals surface area contributed by atoms with Crippen LogP contribution in [0.3, 0.4) is 0 Å². The Morgan fingerprint density at radius 1 is 1.32 bits per heavy atom. The maximum atomic E-state index is 6.07. The number of nitrogens with one attached hydrogen (secondary N) is 1. The maximum absolute atomic E-state index is 6.07. The van der Waals surface area contributed by atoms with Crippen molar-refractivity contribution in [1.82, 2.24) is 15.2 Å². The van der Waals surface area contributed by atoms with Gasteiger partial charge in [0.2, 0.25) is 0 Å². The van der Waals surface area contributed by atoms with E-state index in [-0.39, 0.29) is 0 Å². The quantitative estimate of drug-likeness (QED) is 0.865. The summed E-state index contributed by atoms with van der Waals surface area (Å²) in [5.74, 6) is 1.09. The van der Waals surface area contributed by atoms with Gasteiger partial charge in [0.15, 0.2) is 5.82 Å². The SMILES string of the molecule is CC1(C)CCCC1c1[nH]nc(N)c1-c1ccncc1. The molecule has 0 saturated heterocycles. The first-order valence-electron chi connectivity index (χ1n) is 6.84. The normalized spacial score (nSPS) is 21.7. The van der Waals surface area contributed by atoms with Crippen LogP contribution in [0.4, 0.5) is 5.82 Å². The van der Waals surface area contributed by atoms with Crippen LogP contribution in [0.15, 0.2) is 24.5 Å². The number of hydrogen-bond donors (Lipinski definition) is 2. The molecule has 1 unspecified atom stereocenters. The van der Waals surface area contributed by atoms with Gasteiger partial charge in [0.05, 0.1) is 0 Å². The van der Waals surface area contributed by atoms with E-state index >= 15 is 0 Å². The standard InChI is InChI=1S/C15H20N4/c1-15(2)7-3-4-11(15)13-12(14(16)19-18-13)10-5-8-17-9-6-10/h5-6,8-9,11H,3-4,7H2,1-2H3,(H3,16,18,19). The lowest BCUT2D eigenvalue weighted by molar-refractivity contribution is 0.328. The fraction of sp³-hybridized carbons (Fsp3) is 0.467. The number of nitrogens with zero attached hydrogens (tertiary/aromatic N) is 2. The molecule has 1 fully saturated rings. The minimum absolute atomic E-state index is 0.306. The summed E-state index contributed by atoms with van der Waals surface area (Å²) in [4.78, 5) is 4.07. The molecule has 0 radical (unpaired) electrons. The van der Waals surface area contributed by atoms with E-state index in [1.165, 1.54) is 25.0 Å². The smallest absolute Gasteiger partial charge is 0.153 e. The number of nitrogens with two attached hydrogens (primary N) is 1. The Morgan fingerprint density at radius 3 is 2.68 bits per heavy atom. The first-order chi connectivity index (χ1) is 9.09. The van der Waals surface area contributed by atoms with E-state index in [1.807, 2.05) is 12.1 Å². The fourth-order valence-corrected chi connectivity index (χ4v) is 3.31. The molecule has 3 N–H and O–H groups in total. The Balaban J connectivity index is 2.09. The van der Waals surface area contributed by atoms with E-state index < -0.39 is 0 Å². The second kappa shape index (κ2) is 4.37. The fourth-order valence-electron chi connectivity index (χ4n) is 3.31. The summed E-state index contributed by atoms with van der Waals surface area (Å²) in [7, 11) is 0. The van der Waals surface area contributed by atoms with Crippen molar-refractivity contribution in [3.63, 3.8) is 0 Å². The number of aromatic nitrogens is 3. The van der Waals surface area contributed by atoms with Crippen molar-refractivity contribution < 1.29 is 0 Å². The van der Waals surface area contributed by atoms with Gasteiger partial charge in [-0.25, -0.2) is 0 Å². The van der Waals surface area contributed by atoms with Gasteiger partial charge in [-0.3, -0.25) is 10.1 Å². The molecule has 2 aromatic heterocycles. The van der Waals surface area contributed by atoms with Crippen LogP contribution in [0.1, 0.15) is 44.7 Å². The van der Waals surface area contributed by atoms with E-state index in [0.29, 0.717) is 17.2 Å². The van der Waals surface area contributed by atoms with Gasteiger partial charge < -0.3 is 5.73 Å². The van der Waals surface area contributed by atoms with Gasteiger partial charge in [-0.15, -0.1) is 0 Å². The van der Waals surface area contributed by atoms with Gasteiger partial charge in [-0.1, -0.05) is 20.3 Å². The van der Waals surface area contributed by atoms with Crippen LogP contribution in [-0.2, 0) is 0 Å². The van der Waals surface area contributed by atoms with E-state index in [1.54, 1.807) is 12.4 Å². The van der Waals surface area contributed by atoms with Crippen LogP contribution in [0.25, 0.3) is 11.1 Å². The third kappa shape index (κ3) is 2.01. The lowest BCUT2D eigenvalue weighted by Gasteiger charge is -2.26. The lowest BCUT2D eigenvalue weighted by Crippen LogP contribution is -2.16. The molecule has 2 aromatic rings. The van der Waals surface area contributed by atoms with E-state index in [9.17, 15) is 0 Å². The molecule has 1 aliphatic rings. The summed E-state index contributed by atoms with van der Waals surface area (Å²) >= 11 is 0. The lowest BCUT2D eigenvalue weighted by atomic mass is 9.78. The second-order valence-electron chi connectivity index (χ2n) is 6.07. The van der Waals surface area contributed by atoms with Gasteiger partial charge in [0.1, 0.15) is 0 Å². The molecule has 2 heterocycles. The number of rotatable bonds is 2. The van der Waals surface area contributed by atoms with Crippen LogP contribution < -0.4 is 5.73 Å². The topological polar surface area (TPSA) is 67.6 Å². The van der Waals surface area contributed by atoms with Crippen molar-refractivity contribution in [1.29, 1.82) is 0 Å². The van der Waals surface area contributed by atoms with Crippen molar-refractivity contribution in [3.05, 3.63) is 30.2 Å². The predicted octanol–water partition coefficient (Wildman–Crippen LogP) is 3.35. The Hall–Kier alpha value is -1.84. The Morgan fingerprint density at radius 2 is 2.05 bits per heavy atom. The monoisotopic (exact) mass is 256 g/mol. The van der Waals surface area contributed by atoms with Gasteiger partial charge in [0.25, 0.3) is 0 Å². The van der Waals surface area contributed by atoms with Crippen LogP contribution in [0, 0.1) is 5.41 Å². The number of nitrogen functional groups attached to an aromatic ring is 1. The van der Waals surface area contributed by atoms with Crippen molar-refractivity contribution in [2.24, 2.45) is 5.41 Å². The molecular weight excluding hydrogens is 236 g/mol. The highest BCUT2D eigenvalue weighted by Crippen LogP contribution is 2.50.